The van der Waals surface area contributed by atoms with Crippen molar-refractivity contribution < 1.29 is 27.9 Å². The first kappa shape index (κ1) is 20.3. The second-order valence-corrected chi connectivity index (χ2v) is 5.85. The summed E-state index contributed by atoms with van der Waals surface area (Å²) in [7, 11) is 0. The number of halogens is 3. The van der Waals surface area contributed by atoms with Crippen LogP contribution in [-0.2, 0) is 17.5 Å². The lowest BCUT2D eigenvalue weighted by Gasteiger charge is -2.16. The molecule has 2 amide bonds. The van der Waals surface area contributed by atoms with Gasteiger partial charge >= 0.3 is 12.3 Å². The number of likely N-dealkylation sites (N-methyl/N-ethyl adjacent to an activating group) is 1. The number of nitrogens with zero attached hydrogens (tertiary/aromatic N) is 1. The van der Waals surface area contributed by atoms with Crippen molar-refractivity contribution in [2.75, 3.05) is 13.1 Å². The third-order valence-corrected chi connectivity index (χ3v) is 3.95. The molecule has 0 bridgehead atoms. The molecule has 0 saturated heterocycles. The minimum atomic E-state index is -4.38. The summed E-state index contributed by atoms with van der Waals surface area (Å²) in [4.78, 5) is 23.7. The largest absolute Gasteiger partial charge is 0.465 e. The number of alkyl halides is 3. The molecule has 0 unspecified atom stereocenters. The summed E-state index contributed by atoms with van der Waals surface area (Å²) in [5.74, 6) is -0.431. The summed E-state index contributed by atoms with van der Waals surface area (Å²) in [6.07, 6.45) is -5.55. The predicted octanol–water partition coefficient (Wildman–Crippen LogP) is 3.99. The van der Waals surface area contributed by atoms with Crippen LogP contribution >= 0.6 is 0 Å². The van der Waals surface area contributed by atoms with Crippen LogP contribution in [0.1, 0.15) is 18.1 Å². The van der Waals surface area contributed by atoms with E-state index in [2.05, 4.69) is 5.32 Å². The number of benzene rings is 2. The molecular weight excluding hydrogens is 361 g/mol. The van der Waals surface area contributed by atoms with E-state index in [0.29, 0.717) is 5.56 Å². The van der Waals surface area contributed by atoms with E-state index in [4.69, 9.17) is 5.11 Å². The van der Waals surface area contributed by atoms with Crippen LogP contribution in [0.3, 0.4) is 0 Å². The second-order valence-electron chi connectivity index (χ2n) is 5.85. The molecule has 5 nitrogen and oxygen atoms in total. The van der Waals surface area contributed by atoms with Crippen LogP contribution in [0.2, 0.25) is 0 Å². The minimum absolute atomic E-state index is 0.185. The van der Waals surface area contributed by atoms with Crippen molar-refractivity contribution in [2.24, 2.45) is 0 Å². The Hall–Kier alpha value is -3.03. The maximum atomic E-state index is 12.6. The summed E-state index contributed by atoms with van der Waals surface area (Å²) in [5, 5.41) is 11.5. The Morgan fingerprint density at radius 2 is 1.74 bits per heavy atom. The normalized spacial score (nSPS) is 11.1. The predicted molar refractivity (Wildman–Crippen MR) is 94.0 cm³/mol. The smallest absolute Gasteiger partial charge is 0.416 e. The zero-order chi connectivity index (χ0) is 20.0. The number of nitrogens with one attached hydrogen (secondary N) is 1. The van der Waals surface area contributed by atoms with Crippen LogP contribution in [0.5, 0.6) is 0 Å². The number of hydrogen-bond donors (Lipinski definition) is 2. The molecule has 2 aromatic carbocycles. The van der Waals surface area contributed by atoms with Crippen LogP contribution in [-0.4, -0.2) is 35.1 Å². The second kappa shape index (κ2) is 8.57. The molecule has 144 valence electrons. The molecule has 0 atom stereocenters. The van der Waals surface area contributed by atoms with Gasteiger partial charge in [0.25, 0.3) is 0 Å². The van der Waals surface area contributed by atoms with E-state index in [1.807, 2.05) is 0 Å². The molecule has 0 aliphatic rings. The van der Waals surface area contributed by atoms with Gasteiger partial charge in [0, 0.05) is 13.1 Å². The quantitative estimate of drug-likeness (QED) is 0.796. The Balaban J connectivity index is 2.03. The van der Waals surface area contributed by atoms with E-state index >= 15 is 0 Å². The molecule has 0 heterocycles. The van der Waals surface area contributed by atoms with E-state index < -0.39 is 23.7 Å². The van der Waals surface area contributed by atoms with Crippen molar-refractivity contribution in [2.45, 2.75) is 19.6 Å². The summed E-state index contributed by atoms with van der Waals surface area (Å²) in [5.41, 5.74) is 1.38. The maximum Gasteiger partial charge on any atom is 0.416 e. The summed E-state index contributed by atoms with van der Waals surface area (Å²) >= 11 is 0. The molecule has 0 aromatic heterocycles. The molecule has 2 N–H and O–H groups in total. The van der Waals surface area contributed by atoms with Crippen molar-refractivity contribution in [1.82, 2.24) is 10.2 Å². The van der Waals surface area contributed by atoms with E-state index in [9.17, 15) is 22.8 Å². The van der Waals surface area contributed by atoms with Crippen LogP contribution in [0, 0.1) is 0 Å². The highest BCUT2D eigenvalue weighted by Gasteiger charge is 2.29. The lowest BCUT2D eigenvalue weighted by atomic mass is 10.0. The molecule has 0 aliphatic heterocycles. The van der Waals surface area contributed by atoms with Crippen molar-refractivity contribution in [3.05, 3.63) is 59.7 Å². The number of hydrogen-bond acceptors (Lipinski definition) is 2. The monoisotopic (exact) mass is 380 g/mol. The van der Waals surface area contributed by atoms with Crippen LogP contribution in [0.4, 0.5) is 18.0 Å². The Morgan fingerprint density at radius 3 is 2.30 bits per heavy atom. The van der Waals surface area contributed by atoms with Gasteiger partial charge in [0.05, 0.1) is 5.56 Å². The molecule has 0 saturated carbocycles. The van der Waals surface area contributed by atoms with Crippen molar-refractivity contribution in [1.29, 1.82) is 0 Å². The molecule has 2 aromatic rings. The zero-order valence-corrected chi connectivity index (χ0v) is 14.6. The van der Waals surface area contributed by atoms with Gasteiger partial charge in [-0.15, -0.1) is 0 Å². The van der Waals surface area contributed by atoms with Gasteiger partial charge in [-0.2, -0.15) is 13.2 Å². The van der Waals surface area contributed by atoms with Gasteiger partial charge in [0.1, 0.15) is 6.54 Å². The van der Waals surface area contributed by atoms with Crippen molar-refractivity contribution in [3.63, 3.8) is 0 Å². The number of carbonyl (C=O) groups is 2. The van der Waals surface area contributed by atoms with E-state index in [1.54, 1.807) is 31.2 Å². The van der Waals surface area contributed by atoms with Crippen molar-refractivity contribution >= 4 is 12.0 Å². The molecule has 8 heteroatoms. The summed E-state index contributed by atoms with van der Waals surface area (Å²) < 4.78 is 37.9. The first-order valence-electron chi connectivity index (χ1n) is 8.22. The molecular formula is C19H19F3N2O3. The molecule has 0 aliphatic carbocycles. The van der Waals surface area contributed by atoms with Gasteiger partial charge in [-0.25, -0.2) is 4.79 Å². The molecule has 27 heavy (non-hydrogen) atoms. The van der Waals surface area contributed by atoms with Gasteiger partial charge in [-0.1, -0.05) is 30.3 Å². The topological polar surface area (TPSA) is 69.6 Å². The fourth-order valence-electron chi connectivity index (χ4n) is 2.46. The fourth-order valence-corrected chi connectivity index (χ4v) is 2.46. The minimum Gasteiger partial charge on any atom is -0.465 e. The third-order valence-electron chi connectivity index (χ3n) is 3.95. The van der Waals surface area contributed by atoms with Crippen LogP contribution < -0.4 is 5.32 Å². The lowest BCUT2D eigenvalue weighted by molar-refractivity contribution is -0.137. The number of amides is 2. The average Bonchev–Trinajstić information content (AvgIpc) is 2.64. The Kier molecular flexibility index (Phi) is 6.44. The number of carboxylic acid groups (broad SMARTS) is 1. The van der Waals surface area contributed by atoms with Gasteiger partial charge in [-0.3, -0.25) is 9.69 Å². The van der Waals surface area contributed by atoms with E-state index in [-0.39, 0.29) is 19.6 Å². The Bertz CT molecular complexity index is 805. The highest BCUT2D eigenvalue weighted by molar-refractivity contribution is 5.81. The van der Waals surface area contributed by atoms with Gasteiger partial charge < -0.3 is 10.4 Å². The fraction of sp³-hybridized carbons (Fsp3) is 0.263. The van der Waals surface area contributed by atoms with Gasteiger partial charge in [-0.05, 0) is 41.8 Å². The molecule has 0 radical (unpaired) electrons. The molecule has 0 spiro atoms. The number of rotatable bonds is 6. The maximum absolute atomic E-state index is 12.6. The SMILES string of the molecule is CCN(CC(=O)NCc1cccc(-c2ccc(C(F)(F)F)cc2)c1)C(=O)O. The molecule has 0 fully saturated rings. The first-order chi connectivity index (χ1) is 12.7. The van der Waals surface area contributed by atoms with E-state index in [1.165, 1.54) is 12.1 Å². The van der Waals surface area contributed by atoms with Crippen LogP contribution in [0.25, 0.3) is 11.1 Å². The summed E-state index contributed by atoms with van der Waals surface area (Å²) in [6, 6.07) is 11.9. The van der Waals surface area contributed by atoms with E-state index in [0.717, 1.165) is 28.2 Å². The van der Waals surface area contributed by atoms with Crippen molar-refractivity contribution in [3.8, 4) is 11.1 Å². The standard InChI is InChI=1S/C19H19F3N2O3/c1-2-24(18(26)27)12-17(25)23-11-13-4-3-5-15(10-13)14-6-8-16(9-7-14)19(20,21)22/h3-10H,2,11-12H2,1H3,(H,23,25)(H,26,27). The van der Waals surface area contributed by atoms with Gasteiger partial charge in [0.15, 0.2) is 0 Å². The Morgan fingerprint density at radius 1 is 1.07 bits per heavy atom. The first-order valence-corrected chi connectivity index (χ1v) is 8.22. The number of carbonyl (C=O) groups excluding carboxylic acids is 1. The summed E-state index contributed by atoms with van der Waals surface area (Å²) in [6.45, 7) is 1.76. The Labute approximate surface area is 154 Å². The third kappa shape index (κ3) is 5.73. The zero-order valence-electron chi connectivity index (χ0n) is 14.6. The van der Waals surface area contributed by atoms with Gasteiger partial charge in [0.2, 0.25) is 5.91 Å². The highest BCUT2D eigenvalue weighted by atomic mass is 19.4. The van der Waals surface area contributed by atoms with Crippen LogP contribution in [0.15, 0.2) is 48.5 Å². The lowest BCUT2D eigenvalue weighted by Crippen LogP contribution is -2.39. The molecule has 2 rings (SSSR count). The highest BCUT2D eigenvalue weighted by Crippen LogP contribution is 2.31. The average molecular weight is 380 g/mol.